The summed E-state index contributed by atoms with van der Waals surface area (Å²) in [5, 5.41) is 8.64. The van der Waals surface area contributed by atoms with E-state index in [2.05, 4.69) is 4.84 Å². The molecule has 0 aliphatic heterocycles. The molecule has 1 aromatic rings. The molecular formula is C8H7NO4. The summed E-state index contributed by atoms with van der Waals surface area (Å²) in [7, 11) is 0. The maximum absolute atomic E-state index is 10.6. The molecule has 0 unspecified atom stereocenters. The zero-order valence-electron chi connectivity index (χ0n) is 6.56. The quantitative estimate of drug-likeness (QED) is 0.522. The molecule has 0 saturated heterocycles. The van der Waals surface area contributed by atoms with Gasteiger partial charge in [-0.2, -0.15) is 5.90 Å². The highest BCUT2D eigenvalue weighted by atomic mass is 16.6. The Hall–Kier alpha value is -1.88. The summed E-state index contributed by atoms with van der Waals surface area (Å²) in [5.41, 5.74) is 0.235. The van der Waals surface area contributed by atoms with Gasteiger partial charge in [-0.1, -0.05) is 6.07 Å². The zero-order chi connectivity index (χ0) is 9.84. The molecule has 0 saturated carbocycles. The van der Waals surface area contributed by atoms with Gasteiger partial charge in [0.2, 0.25) is 0 Å². The van der Waals surface area contributed by atoms with E-state index in [1.165, 1.54) is 18.2 Å². The molecule has 0 aliphatic carbocycles. The Morgan fingerprint density at radius 2 is 2.23 bits per heavy atom. The van der Waals surface area contributed by atoms with Crippen LogP contribution in [-0.4, -0.2) is 17.4 Å². The molecule has 5 nitrogen and oxygen atoms in total. The number of carboxylic acid groups (broad SMARTS) is 1. The van der Waals surface area contributed by atoms with Crippen LogP contribution in [0.4, 0.5) is 0 Å². The molecule has 1 rings (SSSR count). The second-order valence-electron chi connectivity index (χ2n) is 2.30. The molecule has 0 heterocycles. The lowest BCUT2D eigenvalue weighted by Gasteiger charge is -2.03. The minimum absolute atomic E-state index is 0.0305. The van der Waals surface area contributed by atoms with Crippen molar-refractivity contribution in [2.75, 3.05) is 0 Å². The summed E-state index contributed by atoms with van der Waals surface area (Å²) in [6.45, 7) is 0. The molecule has 0 radical (unpaired) electrons. The second kappa shape index (κ2) is 3.68. The van der Waals surface area contributed by atoms with Crippen LogP contribution in [0.25, 0.3) is 0 Å². The normalized spacial score (nSPS) is 9.31. The average Bonchev–Trinajstić information content (AvgIpc) is 2.16. The topological polar surface area (TPSA) is 89.6 Å². The predicted molar refractivity (Wildman–Crippen MR) is 43.6 cm³/mol. The number of carboxylic acids is 1. The van der Waals surface area contributed by atoms with Crippen LogP contribution in [0.3, 0.4) is 0 Å². The van der Waals surface area contributed by atoms with E-state index in [1.807, 2.05) is 0 Å². The molecule has 0 atom stereocenters. The summed E-state index contributed by atoms with van der Waals surface area (Å²) in [6.07, 6.45) is 0.578. The average molecular weight is 181 g/mol. The first-order valence-electron chi connectivity index (χ1n) is 3.38. The third-order valence-corrected chi connectivity index (χ3v) is 1.50. The zero-order valence-corrected chi connectivity index (χ0v) is 6.56. The molecule has 3 N–H and O–H groups in total. The third kappa shape index (κ3) is 1.83. The predicted octanol–water partition coefficient (Wildman–Crippen LogP) is 0.450. The standard InChI is InChI=1S/C8H7NO4/c9-13-7-3-5(4-10)1-2-6(7)8(11)12/h1-4H,9H2,(H,11,12). The van der Waals surface area contributed by atoms with Gasteiger partial charge in [-0.15, -0.1) is 0 Å². The van der Waals surface area contributed by atoms with Crippen LogP contribution in [0, 0.1) is 0 Å². The lowest BCUT2D eigenvalue weighted by molar-refractivity contribution is 0.0691. The lowest BCUT2D eigenvalue weighted by Crippen LogP contribution is -2.08. The molecule has 0 fully saturated rings. The highest BCUT2D eigenvalue weighted by molar-refractivity contribution is 5.92. The fraction of sp³-hybridized carbons (Fsp3) is 0. The maximum Gasteiger partial charge on any atom is 0.339 e. The van der Waals surface area contributed by atoms with Crippen LogP contribution in [0.1, 0.15) is 20.7 Å². The van der Waals surface area contributed by atoms with Gasteiger partial charge in [0.05, 0.1) is 0 Å². The van der Waals surface area contributed by atoms with Gasteiger partial charge in [-0.3, -0.25) is 4.79 Å². The number of rotatable bonds is 3. The Morgan fingerprint density at radius 3 is 2.69 bits per heavy atom. The fourth-order valence-electron chi connectivity index (χ4n) is 0.886. The van der Waals surface area contributed by atoms with Gasteiger partial charge in [-0.05, 0) is 12.1 Å². The smallest absolute Gasteiger partial charge is 0.339 e. The summed E-state index contributed by atoms with van der Waals surface area (Å²) in [4.78, 5) is 25.2. The van der Waals surface area contributed by atoms with Crippen molar-refractivity contribution < 1.29 is 19.5 Å². The molecule has 0 aromatic heterocycles. The van der Waals surface area contributed by atoms with Crippen LogP contribution < -0.4 is 10.7 Å². The van der Waals surface area contributed by atoms with Crippen molar-refractivity contribution in [1.29, 1.82) is 0 Å². The van der Waals surface area contributed by atoms with E-state index in [-0.39, 0.29) is 11.3 Å². The Balaban J connectivity index is 3.23. The number of aromatic carboxylic acids is 1. The van der Waals surface area contributed by atoms with Crippen molar-refractivity contribution in [1.82, 2.24) is 0 Å². The van der Waals surface area contributed by atoms with E-state index in [1.54, 1.807) is 0 Å². The van der Waals surface area contributed by atoms with Gasteiger partial charge < -0.3 is 9.94 Å². The van der Waals surface area contributed by atoms with Crippen molar-refractivity contribution in [3.8, 4) is 5.75 Å². The number of carbonyl (C=O) groups excluding carboxylic acids is 1. The molecule has 68 valence electrons. The van der Waals surface area contributed by atoms with E-state index in [0.29, 0.717) is 11.8 Å². The minimum Gasteiger partial charge on any atom is -0.478 e. The number of hydrogen-bond acceptors (Lipinski definition) is 4. The fourth-order valence-corrected chi connectivity index (χ4v) is 0.886. The van der Waals surface area contributed by atoms with Crippen molar-refractivity contribution in [3.63, 3.8) is 0 Å². The summed E-state index contributed by atoms with van der Waals surface area (Å²) in [6, 6.07) is 3.89. The number of benzene rings is 1. The van der Waals surface area contributed by atoms with Gasteiger partial charge >= 0.3 is 5.97 Å². The molecule has 5 heteroatoms. The van der Waals surface area contributed by atoms with E-state index in [9.17, 15) is 9.59 Å². The molecule has 0 spiro atoms. The van der Waals surface area contributed by atoms with E-state index >= 15 is 0 Å². The van der Waals surface area contributed by atoms with Crippen LogP contribution in [0.15, 0.2) is 18.2 Å². The molecular weight excluding hydrogens is 174 g/mol. The van der Waals surface area contributed by atoms with Gasteiger partial charge in [0.25, 0.3) is 0 Å². The van der Waals surface area contributed by atoms with Crippen molar-refractivity contribution in [2.24, 2.45) is 5.90 Å². The van der Waals surface area contributed by atoms with Crippen molar-refractivity contribution in [2.45, 2.75) is 0 Å². The van der Waals surface area contributed by atoms with E-state index < -0.39 is 5.97 Å². The number of carbonyl (C=O) groups is 2. The van der Waals surface area contributed by atoms with E-state index in [0.717, 1.165) is 0 Å². The number of nitrogens with two attached hydrogens (primary N) is 1. The SMILES string of the molecule is NOc1cc(C=O)ccc1C(=O)O. The molecule has 1 aromatic carbocycles. The molecule has 0 bridgehead atoms. The summed E-state index contributed by atoms with van der Waals surface area (Å²) >= 11 is 0. The first kappa shape index (κ1) is 9.21. The Bertz CT molecular complexity index is 348. The van der Waals surface area contributed by atoms with Crippen molar-refractivity contribution >= 4 is 12.3 Å². The van der Waals surface area contributed by atoms with Crippen molar-refractivity contribution in [3.05, 3.63) is 29.3 Å². The summed E-state index contributed by atoms with van der Waals surface area (Å²) in [5.74, 6) is 3.65. The van der Waals surface area contributed by atoms with Crippen LogP contribution in [0.5, 0.6) is 5.75 Å². The van der Waals surface area contributed by atoms with Gasteiger partial charge in [0.15, 0.2) is 5.75 Å². The molecule has 0 aliphatic rings. The largest absolute Gasteiger partial charge is 0.478 e. The third-order valence-electron chi connectivity index (χ3n) is 1.50. The van der Waals surface area contributed by atoms with Crippen LogP contribution >= 0.6 is 0 Å². The maximum atomic E-state index is 10.6. The molecule has 0 amide bonds. The molecule has 13 heavy (non-hydrogen) atoms. The minimum atomic E-state index is -1.15. The Labute approximate surface area is 73.7 Å². The number of hydrogen-bond donors (Lipinski definition) is 2. The second-order valence-corrected chi connectivity index (χ2v) is 2.30. The Morgan fingerprint density at radius 1 is 1.54 bits per heavy atom. The number of aldehydes is 1. The van der Waals surface area contributed by atoms with E-state index in [4.69, 9.17) is 11.0 Å². The first-order chi connectivity index (χ1) is 6.19. The first-order valence-corrected chi connectivity index (χ1v) is 3.38. The lowest BCUT2D eigenvalue weighted by atomic mass is 10.1. The van der Waals surface area contributed by atoms with Gasteiger partial charge in [-0.25, -0.2) is 4.79 Å². The monoisotopic (exact) mass is 181 g/mol. The van der Waals surface area contributed by atoms with Crippen LogP contribution in [-0.2, 0) is 0 Å². The van der Waals surface area contributed by atoms with Gasteiger partial charge in [0.1, 0.15) is 11.8 Å². The van der Waals surface area contributed by atoms with Crippen LogP contribution in [0.2, 0.25) is 0 Å². The highest BCUT2D eigenvalue weighted by Gasteiger charge is 2.11. The Kier molecular flexibility index (Phi) is 2.61. The van der Waals surface area contributed by atoms with Gasteiger partial charge in [0, 0.05) is 5.56 Å². The highest BCUT2D eigenvalue weighted by Crippen LogP contribution is 2.18. The summed E-state index contributed by atoms with van der Waals surface area (Å²) < 4.78 is 0.